The van der Waals surface area contributed by atoms with E-state index in [0.717, 1.165) is 18.5 Å². The summed E-state index contributed by atoms with van der Waals surface area (Å²) in [4.78, 5) is 0. The molecule has 0 unspecified atom stereocenters. The van der Waals surface area contributed by atoms with Crippen LogP contribution >= 0.6 is 15.9 Å². The highest BCUT2D eigenvalue weighted by molar-refractivity contribution is 9.10. The molecule has 0 saturated carbocycles. The molecule has 0 atom stereocenters. The van der Waals surface area contributed by atoms with Crippen LogP contribution in [0.1, 0.15) is 23.6 Å². The molecule has 2 rings (SSSR count). The SMILES string of the molecule is CCc1ccccc1CNCc1cc(Br)c(O)c(OC)c1. The second kappa shape index (κ2) is 7.48. The van der Waals surface area contributed by atoms with Crippen molar-refractivity contribution in [1.29, 1.82) is 0 Å². The van der Waals surface area contributed by atoms with Crippen LogP contribution in [-0.4, -0.2) is 12.2 Å². The van der Waals surface area contributed by atoms with Crippen molar-refractivity contribution in [2.75, 3.05) is 7.11 Å². The topological polar surface area (TPSA) is 41.5 Å². The molecule has 0 spiro atoms. The van der Waals surface area contributed by atoms with Crippen molar-refractivity contribution in [2.24, 2.45) is 0 Å². The third-order valence-corrected chi connectivity index (χ3v) is 4.06. The fraction of sp³-hybridized carbons (Fsp3) is 0.294. The Morgan fingerprint density at radius 3 is 2.52 bits per heavy atom. The molecule has 0 amide bonds. The minimum Gasteiger partial charge on any atom is -0.503 e. The summed E-state index contributed by atoms with van der Waals surface area (Å²) in [6.07, 6.45) is 1.04. The molecule has 0 aromatic heterocycles. The minimum absolute atomic E-state index is 0.137. The third-order valence-electron chi connectivity index (χ3n) is 3.45. The molecule has 4 heteroatoms. The molecule has 0 radical (unpaired) electrons. The fourth-order valence-electron chi connectivity index (χ4n) is 2.30. The van der Waals surface area contributed by atoms with E-state index in [4.69, 9.17) is 4.74 Å². The number of rotatable bonds is 6. The van der Waals surface area contributed by atoms with Crippen molar-refractivity contribution < 1.29 is 9.84 Å². The number of nitrogens with one attached hydrogen (secondary N) is 1. The highest BCUT2D eigenvalue weighted by Crippen LogP contribution is 2.35. The average Bonchev–Trinajstić information content (AvgIpc) is 2.51. The summed E-state index contributed by atoms with van der Waals surface area (Å²) in [7, 11) is 1.55. The van der Waals surface area contributed by atoms with Gasteiger partial charge in [-0.3, -0.25) is 0 Å². The van der Waals surface area contributed by atoms with Gasteiger partial charge in [0, 0.05) is 13.1 Å². The van der Waals surface area contributed by atoms with Gasteiger partial charge in [-0.05, 0) is 51.2 Å². The van der Waals surface area contributed by atoms with Gasteiger partial charge in [-0.15, -0.1) is 0 Å². The van der Waals surface area contributed by atoms with Gasteiger partial charge >= 0.3 is 0 Å². The van der Waals surface area contributed by atoms with E-state index in [1.165, 1.54) is 11.1 Å². The molecule has 0 aliphatic carbocycles. The first-order valence-corrected chi connectivity index (χ1v) is 7.77. The van der Waals surface area contributed by atoms with E-state index in [-0.39, 0.29) is 5.75 Å². The maximum absolute atomic E-state index is 9.80. The van der Waals surface area contributed by atoms with Crippen molar-refractivity contribution in [2.45, 2.75) is 26.4 Å². The Bertz CT molecular complexity index is 614. The predicted octanol–water partition coefficient (Wildman–Crippen LogP) is 4.02. The molecule has 2 N–H and O–H groups in total. The lowest BCUT2D eigenvalue weighted by molar-refractivity contribution is 0.371. The number of hydrogen-bond acceptors (Lipinski definition) is 3. The van der Waals surface area contributed by atoms with E-state index >= 15 is 0 Å². The van der Waals surface area contributed by atoms with E-state index in [1.54, 1.807) is 7.11 Å². The van der Waals surface area contributed by atoms with Crippen molar-refractivity contribution in [3.63, 3.8) is 0 Å². The number of halogens is 1. The molecule has 0 bridgehead atoms. The second-order valence-corrected chi connectivity index (χ2v) is 5.71. The van der Waals surface area contributed by atoms with Crippen LogP contribution in [-0.2, 0) is 19.5 Å². The molecule has 2 aromatic carbocycles. The van der Waals surface area contributed by atoms with Crippen LogP contribution in [0, 0.1) is 0 Å². The number of aromatic hydroxyl groups is 1. The van der Waals surface area contributed by atoms with Gasteiger partial charge in [0.15, 0.2) is 11.5 Å². The van der Waals surface area contributed by atoms with Gasteiger partial charge in [-0.2, -0.15) is 0 Å². The zero-order chi connectivity index (χ0) is 15.2. The average molecular weight is 350 g/mol. The Morgan fingerprint density at radius 1 is 1.14 bits per heavy atom. The molecule has 3 nitrogen and oxygen atoms in total. The van der Waals surface area contributed by atoms with Crippen molar-refractivity contribution in [1.82, 2.24) is 5.32 Å². The summed E-state index contributed by atoms with van der Waals surface area (Å²) in [5.41, 5.74) is 3.75. The van der Waals surface area contributed by atoms with Crippen LogP contribution in [0.2, 0.25) is 0 Å². The summed E-state index contributed by atoms with van der Waals surface area (Å²) < 4.78 is 5.81. The standard InChI is InChI=1S/C17H20BrNO2/c1-3-13-6-4-5-7-14(13)11-19-10-12-8-15(18)17(20)16(9-12)21-2/h4-9,19-20H,3,10-11H2,1-2H3. The molecule has 0 heterocycles. The van der Waals surface area contributed by atoms with Crippen LogP contribution in [0.15, 0.2) is 40.9 Å². The molecule has 2 aromatic rings. The van der Waals surface area contributed by atoms with Crippen molar-refractivity contribution >= 4 is 15.9 Å². The van der Waals surface area contributed by atoms with Crippen LogP contribution in [0.4, 0.5) is 0 Å². The summed E-state index contributed by atoms with van der Waals surface area (Å²) in [6.45, 7) is 3.71. The second-order valence-electron chi connectivity index (χ2n) is 4.85. The smallest absolute Gasteiger partial charge is 0.172 e. The van der Waals surface area contributed by atoms with E-state index in [2.05, 4.69) is 52.4 Å². The lowest BCUT2D eigenvalue weighted by Crippen LogP contribution is -2.14. The number of phenols is 1. The summed E-state index contributed by atoms with van der Waals surface area (Å²) in [6, 6.07) is 12.2. The number of hydrogen-bond donors (Lipinski definition) is 2. The molecule has 112 valence electrons. The maximum atomic E-state index is 9.80. The van der Waals surface area contributed by atoms with Gasteiger partial charge in [0.25, 0.3) is 0 Å². The Labute approximate surface area is 134 Å². The highest BCUT2D eigenvalue weighted by atomic mass is 79.9. The molecule has 0 saturated heterocycles. The Hall–Kier alpha value is -1.52. The number of ether oxygens (including phenoxy) is 1. The van der Waals surface area contributed by atoms with Crippen LogP contribution in [0.3, 0.4) is 0 Å². The van der Waals surface area contributed by atoms with Gasteiger partial charge in [0.1, 0.15) is 0 Å². The Kier molecular flexibility index (Phi) is 5.65. The zero-order valence-electron chi connectivity index (χ0n) is 12.3. The van der Waals surface area contributed by atoms with Crippen molar-refractivity contribution in [3.8, 4) is 11.5 Å². The first-order chi connectivity index (χ1) is 10.2. The third kappa shape index (κ3) is 3.99. The van der Waals surface area contributed by atoms with Crippen LogP contribution in [0.25, 0.3) is 0 Å². The van der Waals surface area contributed by atoms with Gasteiger partial charge in [0.05, 0.1) is 11.6 Å². The molecule has 0 aliphatic heterocycles. The Morgan fingerprint density at radius 2 is 1.86 bits per heavy atom. The number of benzene rings is 2. The first kappa shape index (κ1) is 15.9. The molecule has 21 heavy (non-hydrogen) atoms. The number of aryl methyl sites for hydroxylation is 1. The molecular formula is C17H20BrNO2. The van der Waals surface area contributed by atoms with E-state index in [9.17, 15) is 5.11 Å². The number of phenolic OH excluding ortho intramolecular Hbond substituents is 1. The lowest BCUT2D eigenvalue weighted by Gasteiger charge is -2.11. The van der Waals surface area contributed by atoms with Gasteiger partial charge in [-0.25, -0.2) is 0 Å². The summed E-state index contributed by atoms with van der Waals surface area (Å²) in [5, 5.41) is 13.2. The van der Waals surface area contributed by atoms with Gasteiger partial charge in [0.2, 0.25) is 0 Å². The van der Waals surface area contributed by atoms with Crippen LogP contribution in [0.5, 0.6) is 11.5 Å². The normalized spacial score (nSPS) is 10.6. The van der Waals surface area contributed by atoms with Crippen molar-refractivity contribution in [3.05, 3.63) is 57.6 Å². The largest absolute Gasteiger partial charge is 0.503 e. The predicted molar refractivity (Wildman–Crippen MR) is 88.7 cm³/mol. The van der Waals surface area contributed by atoms with Gasteiger partial charge in [-0.1, -0.05) is 31.2 Å². The van der Waals surface area contributed by atoms with E-state index < -0.39 is 0 Å². The number of methoxy groups -OCH3 is 1. The fourth-order valence-corrected chi connectivity index (χ4v) is 2.79. The highest BCUT2D eigenvalue weighted by Gasteiger charge is 2.08. The molecular weight excluding hydrogens is 330 g/mol. The summed E-state index contributed by atoms with van der Waals surface area (Å²) >= 11 is 3.34. The lowest BCUT2D eigenvalue weighted by atomic mass is 10.1. The monoisotopic (exact) mass is 349 g/mol. The summed E-state index contributed by atoms with van der Waals surface area (Å²) in [5.74, 6) is 0.618. The van der Waals surface area contributed by atoms with Gasteiger partial charge < -0.3 is 15.2 Å². The minimum atomic E-state index is 0.137. The van der Waals surface area contributed by atoms with E-state index in [0.29, 0.717) is 16.8 Å². The molecule has 0 aliphatic rings. The molecule has 0 fully saturated rings. The zero-order valence-corrected chi connectivity index (χ0v) is 13.9. The van der Waals surface area contributed by atoms with Crippen LogP contribution < -0.4 is 10.1 Å². The van der Waals surface area contributed by atoms with E-state index in [1.807, 2.05) is 12.1 Å². The quantitative estimate of drug-likeness (QED) is 0.827. The maximum Gasteiger partial charge on any atom is 0.172 e. The first-order valence-electron chi connectivity index (χ1n) is 6.98. The Balaban J connectivity index is 2.02.